The molecule has 0 saturated carbocycles. The lowest BCUT2D eigenvalue weighted by Gasteiger charge is -2.42. The van der Waals surface area contributed by atoms with E-state index in [4.69, 9.17) is 13.8 Å². The number of amides is 2. The van der Waals surface area contributed by atoms with Crippen molar-refractivity contribution >= 4 is 25.4 Å². The number of carbonyl (C=O) groups excluding carboxylic acids is 3. The summed E-state index contributed by atoms with van der Waals surface area (Å²) in [6, 6.07) is -0.910. The van der Waals surface area contributed by atoms with Gasteiger partial charge in [-0.1, -0.05) is 0 Å². The molecule has 0 N–H and O–H groups in total. The fourth-order valence-corrected chi connectivity index (χ4v) is 5.23. The zero-order chi connectivity index (χ0) is 18.6. The third-order valence-corrected chi connectivity index (χ3v) is 6.78. The fraction of sp³-hybridized carbons (Fsp3) is 0.800. The van der Waals surface area contributed by atoms with Gasteiger partial charge < -0.3 is 13.8 Å². The van der Waals surface area contributed by atoms with Crippen molar-refractivity contribution in [3.8, 4) is 0 Å². The topological polar surface area (TPSA) is 102 Å². The second-order valence-corrected chi connectivity index (χ2v) is 8.03. The molecule has 0 spiro atoms. The van der Waals surface area contributed by atoms with Crippen LogP contribution in [0.1, 0.15) is 39.5 Å². The molecule has 10 heteroatoms. The first-order valence-electron chi connectivity index (χ1n) is 8.49. The number of methoxy groups -OCH3 is 1. The van der Waals surface area contributed by atoms with Crippen LogP contribution in [0.15, 0.2) is 0 Å². The van der Waals surface area contributed by atoms with Crippen LogP contribution in [0, 0.1) is 0 Å². The maximum absolute atomic E-state index is 13.1. The number of hydrogen-bond acceptors (Lipinski definition) is 7. The van der Waals surface area contributed by atoms with Gasteiger partial charge in [-0.15, -0.1) is 0 Å². The summed E-state index contributed by atoms with van der Waals surface area (Å²) in [5.41, 5.74) is -1.12. The normalized spacial score (nSPS) is 24.8. The Labute approximate surface area is 147 Å². The average molecular weight is 376 g/mol. The predicted molar refractivity (Wildman–Crippen MR) is 87.5 cm³/mol. The highest BCUT2D eigenvalue weighted by molar-refractivity contribution is 7.55. The van der Waals surface area contributed by atoms with Crippen LogP contribution in [0.2, 0.25) is 0 Å². The third kappa shape index (κ3) is 3.88. The Morgan fingerprint density at radius 3 is 2.40 bits per heavy atom. The van der Waals surface area contributed by atoms with Gasteiger partial charge in [0.2, 0.25) is 5.91 Å². The SMILES string of the molecule is CCOP(=O)(OCC)[C@H]1CCC(=O)N2CCC[C@@H](C(=O)OC)N2C1=O. The number of carbonyl (C=O) groups is 3. The van der Waals surface area contributed by atoms with E-state index in [-0.39, 0.29) is 32.0 Å². The quantitative estimate of drug-likeness (QED) is 0.509. The molecule has 0 aromatic rings. The van der Waals surface area contributed by atoms with E-state index in [0.29, 0.717) is 19.4 Å². The van der Waals surface area contributed by atoms with Crippen LogP contribution in [0.4, 0.5) is 0 Å². The van der Waals surface area contributed by atoms with Crippen LogP contribution < -0.4 is 0 Å². The summed E-state index contributed by atoms with van der Waals surface area (Å²) in [7, 11) is -2.53. The van der Waals surface area contributed by atoms with Crippen molar-refractivity contribution in [3.63, 3.8) is 0 Å². The lowest BCUT2D eigenvalue weighted by molar-refractivity contribution is -0.181. The van der Waals surface area contributed by atoms with Gasteiger partial charge in [-0.05, 0) is 33.1 Å². The van der Waals surface area contributed by atoms with E-state index in [2.05, 4.69) is 0 Å². The second kappa shape index (κ2) is 8.29. The lowest BCUT2D eigenvalue weighted by Crippen LogP contribution is -2.60. The highest BCUT2D eigenvalue weighted by Gasteiger charge is 2.51. The Hall–Kier alpha value is -1.44. The molecule has 0 unspecified atom stereocenters. The maximum Gasteiger partial charge on any atom is 0.343 e. The number of rotatable bonds is 6. The molecule has 2 heterocycles. The highest BCUT2D eigenvalue weighted by atomic mass is 31.2. The van der Waals surface area contributed by atoms with Gasteiger partial charge in [-0.2, -0.15) is 0 Å². The smallest absolute Gasteiger partial charge is 0.343 e. The number of hydrazine groups is 1. The van der Waals surface area contributed by atoms with E-state index in [9.17, 15) is 18.9 Å². The zero-order valence-electron chi connectivity index (χ0n) is 14.8. The largest absolute Gasteiger partial charge is 0.467 e. The standard InChI is InChI=1S/C15H25N2O7P/c1-4-23-25(21,24-5-2)12-8-9-13(18)16-10-6-7-11(15(20)22-3)17(16)14(12)19/h11-12H,4-10H2,1-3H3/t11-,12-/m0/s1. The summed E-state index contributed by atoms with van der Waals surface area (Å²) < 4.78 is 28.5. The molecule has 0 aliphatic carbocycles. The van der Waals surface area contributed by atoms with Crippen molar-refractivity contribution in [1.29, 1.82) is 0 Å². The monoisotopic (exact) mass is 376 g/mol. The Kier molecular flexibility index (Phi) is 6.59. The molecular formula is C15H25N2O7P. The molecule has 0 bridgehead atoms. The van der Waals surface area contributed by atoms with Crippen LogP contribution >= 0.6 is 7.60 Å². The van der Waals surface area contributed by atoms with E-state index in [1.165, 1.54) is 12.1 Å². The van der Waals surface area contributed by atoms with Crippen LogP contribution in [-0.4, -0.2) is 66.4 Å². The minimum absolute atomic E-state index is 0.0327. The second-order valence-electron chi connectivity index (χ2n) is 5.81. The Bertz CT molecular complexity index is 572. The highest BCUT2D eigenvalue weighted by Crippen LogP contribution is 2.56. The van der Waals surface area contributed by atoms with E-state index in [0.717, 1.165) is 5.01 Å². The average Bonchev–Trinajstić information content (AvgIpc) is 2.72. The molecular weight excluding hydrogens is 351 g/mol. The number of esters is 1. The number of hydrogen-bond donors (Lipinski definition) is 0. The molecule has 9 nitrogen and oxygen atoms in total. The molecule has 142 valence electrons. The number of nitrogens with zero attached hydrogens (tertiary/aromatic N) is 2. The first kappa shape index (κ1) is 19.9. The van der Waals surface area contributed by atoms with Crippen LogP contribution in [0.5, 0.6) is 0 Å². The molecule has 2 aliphatic rings. The molecule has 0 aromatic heterocycles. The van der Waals surface area contributed by atoms with Gasteiger partial charge in [0.25, 0.3) is 5.91 Å². The first-order valence-corrected chi connectivity index (χ1v) is 10.1. The summed E-state index contributed by atoms with van der Waals surface area (Å²) in [6.45, 7) is 3.86. The first-order chi connectivity index (χ1) is 11.9. The summed E-state index contributed by atoms with van der Waals surface area (Å²) >= 11 is 0. The van der Waals surface area contributed by atoms with Crippen molar-refractivity contribution < 1.29 is 32.7 Å². The Morgan fingerprint density at radius 2 is 1.84 bits per heavy atom. The van der Waals surface area contributed by atoms with Crippen molar-refractivity contribution in [1.82, 2.24) is 10.0 Å². The van der Waals surface area contributed by atoms with Gasteiger partial charge in [0.1, 0.15) is 5.66 Å². The van der Waals surface area contributed by atoms with Crippen molar-refractivity contribution in [2.24, 2.45) is 0 Å². The summed E-state index contributed by atoms with van der Waals surface area (Å²) in [4.78, 5) is 37.7. The van der Waals surface area contributed by atoms with Gasteiger partial charge in [-0.3, -0.25) is 19.2 Å². The molecule has 2 fully saturated rings. The predicted octanol–water partition coefficient (Wildman–Crippen LogP) is 1.32. The maximum atomic E-state index is 13.1. The molecule has 0 aromatic carbocycles. The van der Waals surface area contributed by atoms with Gasteiger partial charge in [0.15, 0.2) is 6.04 Å². The Balaban J connectivity index is 2.42. The summed E-state index contributed by atoms with van der Waals surface area (Å²) in [5.74, 6) is -1.48. The van der Waals surface area contributed by atoms with Crippen LogP contribution in [0.3, 0.4) is 0 Å². The van der Waals surface area contributed by atoms with Crippen molar-refractivity contribution in [2.75, 3.05) is 26.9 Å². The van der Waals surface area contributed by atoms with Crippen molar-refractivity contribution in [2.45, 2.75) is 51.2 Å². The van der Waals surface area contributed by atoms with Crippen molar-refractivity contribution in [3.05, 3.63) is 0 Å². The molecule has 0 radical (unpaired) electrons. The molecule has 2 atom stereocenters. The van der Waals surface area contributed by atoms with Crippen LogP contribution in [0.25, 0.3) is 0 Å². The third-order valence-electron chi connectivity index (χ3n) is 4.31. The van der Waals surface area contributed by atoms with Crippen LogP contribution in [-0.2, 0) is 32.7 Å². The summed E-state index contributed by atoms with van der Waals surface area (Å²) in [5, 5.41) is 2.38. The van der Waals surface area contributed by atoms with Gasteiger partial charge >= 0.3 is 13.6 Å². The summed E-state index contributed by atoms with van der Waals surface area (Å²) in [6.07, 6.45) is 1.04. The molecule has 2 aliphatic heterocycles. The fourth-order valence-electron chi connectivity index (χ4n) is 3.24. The van der Waals surface area contributed by atoms with E-state index >= 15 is 0 Å². The minimum Gasteiger partial charge on any atom is -0.467 e. The molecule has 2 rings (SSSR count). The molecule has 25 heavy (non-hydrogen) atoms. The van der Waals surface area contributed by atoms with E-state index in [1.54, 1.807) is 13.8 Å². The van der Waals surface area contributed by atoms with Gasteiger partial charge in [0, 0.05) is 13.0 Å². The van der Waals surface area contributed by atoms with Gasteiger partial charge in [0.05, 0.1) is 20.3 Å². The van der Waals surface area contributed by atoms with E-state index < -0.39 is 31.2 Å². The lowest BCUT2D eigenvalue weighted by atomic mass is 10.1. The van der Waals surface area contributed by atoms with E-state index in [1.807, 2.05) is 0 Å². The minimum atomic E-state index is -3.76. The molecule has 2 saturated heterocycles. The number of fused-ring (bicyclic) bond motifs is 1. The molecule has 2 amide bonds. The Morgan fingerprint density at radius 1 is 1.20 bits per heavy atom. The zero-order valence-corrected chi connectivity index (χ0v) is 15.7. The van der Waals surface area contributed by atoms with Gasteiger partial charge in [-0.25, -0.2) is 9.80 Å². The number of ether oxygens (including phenoxy) is 1.